The molecule has 1 aromatic rings. The summed E-state index contributed by atoms with van der Waals surface area (Å²) in [5.41, 5.74) is 0.918. The highest BCUT2D eigenvalue weighted by molar-refractivity contribution is 7.90. The van der Waals surface area contributed by atoms with Gasteiger partial charge in [-0.3, -0.25) is 4.79 Å². The first kappa shape index (κ1) is 17.7. The van der Waals surface area contributed by atoms with Gasteiger partial charge in [0.25, 0.3) is 10.0 Å². The summed E-state index contributed by atoms with van der Waals surface area (Å²) >= 11 is 0. The highest BCUT2D eigenvalue weighted by atomic mass is 32.2. The molecule has 0 heterocycles. The van der Waals surface area contributed by atoms with E-state index >= 15 is 0 Å². The van der Waals surface area contributed by atoms with Gasteiger partial charge in [0, 0.05) is 13.5 Å². The fourth-order valence-corrected chi connectivity index (χ4v) is 2.33. The Bertz CT molecular complexity index is 650. The maximum absolute atomic E-state index is 11.9. The maximum atomic E-state index is 11.9. The number of carbonyl (C=O) groups excluding carboxylic acids is 2. The smallest absolute Gasteiger partial charge is 0.328 e. The van der Waals surface area contributed by atoms with Gasteiger partial charge in [-0.1, -0.05) is 23.8 Å². The van der Waals surface area contributed by atoms with Crippen molar-refractivity contribution in [3.63, 3.8) is 0 Å². The lowest BCUT2D eigenvalue weighted by Gasteiger charge is -2.07. The normalized spacial score (nSPS) is 11.2. The van der Waals surface area contributed by atoms with E-state index in [0.29, 0.717) is 0 Å². The average Bonchev–Trinajstić information content (AvgIpc) is 2.42. The average molecular weight is 326 g/mol. The van der Waals surface area contributed by atoms with Crippen molar-refractivity contribution in [3.8, 4) is 0 Å². The molecule has 120 valence electrons. The van der Waals surface area contributed by atoms with Crippen LogP contribution in [0.15, 0.2) is 41.3 Å². The lowest BCUT2D eigenvalue weighted by molar-refractivity contribution is -0.139. The molecule has 0 saturated carbocycles. The van der Waals surface area contributed by atoms with Crippen LogP contribution in [0, 0.1) is 6.92 Å². The Morgan fingerprint density at radius 1 is 1.18 bits per heavy atom. The van der Waals surface area contributed by atoms with E-state index < -0.39 is 22.0 Å². The molecule has 0 radical (unpaired) electrons. The van der Waals surface area contributed by atoms with Gasteiger partial charge >= 0.3 is 12.0 Å². The van der Waals surface area contributed by atoms with Gasteiger partial charge in [-0.25, -0.2) is 17.9 Å². The second-order valence-corrected chi connectivity index (χ2v) is 6.08. The van der Waals surface area contributed by atoms with Crippen molar-refractivity contribution in [2.45, 2.75) is 18.7 Å². The summed E-state index contributed by atoms with van der Waals surface area (Å²) in [6.45, 7) is 3.32. The zero-order valence-corrected chi connectivity index (χ0v) is 13.1. The van der Waals surface area contributed by atoms with E-state index in [2.05, 4.69) is 10.1 Å². The molecule has 0 aliphatic carbocycles. The van der Waals surface area contributed by atoms with Crippen LogP contribution in [0.3, 0.4) is 0 Å². The van der Waals surface area contributed by atoms with E-state index in [-0.39, 0.29) is 18.0 Å². The first-order valence-corrected chi connectivity index (χ1v) is 7.95. The number of nitrogens with one attached hydrogen (secondary N) is 2. The summed E-state index contributed by atoms with van der Waals surface area (Å²) in [7, 11) is -3.89. The molecular weight excluding hydrogens is 308 g/mol. The monoisotopic (exact) mass is 326 g/mol. The molecule has 0 fully saturated rings. The van der Waals surface area contributed by atoms with Gasteiger partial charge in [0.2, 0.25) is 0 Å². The molecule has 0 spiro atoms. The van der Waals surface area contributed by atoms with E-state index in [4.69, 9.17) is 0 Å². The maximum Gasteiger partial charge on any atom is 0.328 e. The Labute approximate surface area is 129 Å². The molecule has 1 aromatic carbocycles. The minimum Gasteiger partial charge on any atom is -0.462 e. The van der Waals surface area contributed by atoms with Crippen LogP contribution in [0.4, 0.5) is 4.79 Å². The molecule has 0 aliphatic rings. The van der Waals surface area contributed by atoms with Crippen molar-refractivity contribution >= 4 is 22.0 Å². The fourth-order valence-electron chi connectivity index (χ4n) is 1.40. The Kier molecular flexibility index (Phi) is 6.58. The SMILES string of the molecule is CC(=O)OC/C=C\CNC(=O)NS(=O)(=O)c1ccc(C)cc1. The zero-order chi connectivity index (χ0) is 16.6. The van der Waals surface area contributed by atoms with Gasteiger partial charge in [0.15, 0.2) is 0 Å². The second-order valence-electron chi connectivity index (χ2n) is 4.40. The molecule has 1 rings (SSSR count). The first-order valence-electron chi connectivity index (χ1n) is 6.47. The van der Waals surface area contributed by atoms with Crippen LogP contribution in [-0.4, -0.2) is 33.6 Å². The predicted molar refractivity (Wildman–Crippen MR) is 80.7 cm³/mol. The van der Waals surface area contributed by atoms with Crippen LogP contribution in [-0.2, 0) is 19.6 Å². The van der Waals surface area contributed by atoms with Crippen molar-refractivity contribution < 1.29 is 22.7 Å². The minimum atomic E-state index is -3.89. The molecule has 0 unspecified atom stereocenters. The number of benzene rings is 1. The van der Waals surface area contributed by atoms with Crippen LogP contribution in [0.1, 0.15) is 12.5 Å². The number of hydrogen-bond donors (Lipinski definition) is 2. The summed E-state index contributed by atoms with van der Waals surface area (Å²) in [4.78, 5) is 22.0. The Balaban J connectivity index is 2.44. The van der Waals surface area contributed by atoms with Crippen LogP contribution in [0.5, 0.6) is 0 Å². The Hall–Kier alpha value is -2.35. The molecule has 22 heavy (non-hydrogen) atoms. The number of urea groups is 1. The summed E-state index contributed by atoms with van der Waals surface area (Å²) in [6, 6.07) is 5.29. The zero-order valence-electron chi connectivity index (χ0n) is 12.3. The molecule has 0 aliphatic heterocycles. The van der Waals surface area contributed by atoms with Gasteiger partial charge in [-0.15, -0.1) is 0 Å². The van der Waals surface area contributed by atoms with Gasteiger partial charge in [-0.05, 0) is 25.1 Å². The van der Waals surface area contributed by atoms with Crippen molar-refractivity contribution in [2.75, 3.05) is 13.2 Å². The van der Waals surface area contributed by atoms with Gasteiger partial charge < -0.3 is 10.1 Å². The van der Waals surface area contributed by atoms with Gasteiger partial charge in [-0.2, -0.15) is 0 Å². The third-order valence-corrected chi connectivity index (χ3v) is 3.84. The first-order chi connectivity index (χ1) is 10.3. The largest absolute Gasteiger partial charge is 0.462 e. The number of amides is 2. The van der Waals surface area contributed by atoms with E-state index in [9.17, 15) is 18.0 Å². The number of rotatable bonds is 6. The number of aryl methyl sites for hydroxylation is 1. The lowest BCUT2D eigenvalue weighted by atomic mass is 10.2. The second kappa shape index (κ2) is 8.18. The van der Waals surface area contributed by atoms with Crippen LogP contribution >= 0.6 is 0 Å². The molecule has 7 nitrogen and oxygen atoms in total. The van der Waals surface area contributed by atoms with E-state index in [0.717, 1.165) is 5.56 Å². The number of esters is 1. The molecule has 2 amide bonds. The predicted octanol–water partition coefficient (Wildman–Crippen LogP) is 1.10. The minimum absolute atomic E-state index is 0.0126. The summed E-state index contributed by atoms with van der Waals surface area (Å²) < 4.78 is 30.4. The Morgan fingerprint density at radius 2 is 1.82 bits per heavy atom. The number of ether oxygens (including phenoxy) is 1. The molecular formula is C14H18N2O5S. The Morgan fingerprint density at radius 3 is 2.41 bits per heavy atom. The van der Waals surface area contributed by atoms with Gasteiger partial charge in [0.1, 0.15) is 6.61 Å². The summed E-state index contributed by atoms with van der Waals surface area (Å²) in [5.74, 6) is -0.403. The molecule has 8 heteroatoms. The highest BCUT2D eigenvalue weighted by Crippen LogP contribution is 2.09. The molecule has 2 N–H and O–H groups in total. The third-order valence-electron chi connectivity index (χ3n) is 2.49. The lowest BCUT2D eigenvalue weighted by Crippen LogP contribution is -2.39. The van der Waals surface area contributed by atoms with Crippen molar-refractivity contribution in [1.82, 2.24) is 10.0 Å². The van der Waals surface area contributed by atoms with Crippen molar-refractivity contribution in [2.24, 2.45) is 0 Å². The van der Waals surface area contributed by atoms with Crippen molar-refractivity contribution in [3.05, 3.63) is 42.0 Å². The molecule has 0 bridgehead atoms. The number of sulfonamides is 1. The highest BCUT2D eigenvalue weighted by Gasteiger charge is 2.16. The van der Waals surface area contributed by atoms with Crippen molar-refractivity contribution in [1.29, 1.82) is 0 Å². The summed E-state index contributed by atoms with van der Waals surface area (Å²) in [5, 5.41) is 2.35. The van der Waals surface area contributed by atoms with Crippen LogP contribution < -0.4 is 10.0 Å². The third kappa shape index (κ3) is 6.40. The fraction of sp³-hybridized carbons (Fsp3) is 0.286. The van der Waals surface area contributed by atoms with Crippen LogP contribution in [0.2, 0.25) is 0 Å². The number of carbonyl (C=O) groups is 2. The molecule has 0 saturated heterocycles. The summed E-state index contributed by atoms with van der Waals surface area (Å²) in [6.07, 6.45) is 3.08. The molecule has 0 aromatic heterocycles. The quantitative estimate of drug-likeness (QED) is 0.602. The standard InChI is InChI=1S/C14H18N2O5S/c1-11-5-7-13(8-6-11)22(19,20)16-14(18)15-9-3-4-10-21-12(2)17/h3-8H,9-10H2,1-2H3,(H2,15,16,18)/b4-3-. The number of hydrogen-bond acceptors (Lipinski definition) is 5. The topological polar surface area (TPSA) is 102 Å². The van der Waals surface area contributed by atoms with Crippen LogP contribution in [0.25, 0.3) is 0 Å². The van der Waals surface area contributed by atoms with E-state index in [1.54, 1.807) is 18.2 Å². The van der Waals surface area contributed by atoms with E-state index in [1.807, 2.05) is 11.6 Å². The van der Waals surface area contributed by atoms with E-state index in [1.165, 1.54) is 25.1 Å². The molecule has 0 atom stereocenters. The van der Waals surface area contributed by atoms with Gasteiger partial charge in [0.05, 0.1) is 4.90 Å².